The number of hydrogen-bond acceptors (Lipinski definition) is 2. The number of nitrogens with one attached hydrogen (secondary N) is 1. The zero-order valence-corrected chi connectivity index (χ0v) is 8.31. The summed E-state index contributed by atoms with van der Waals surface area (Å²) < 4.78 is 12.8. The highest BCUT2D eigenvalue weighted by Gasteiger charge is 2.08. The molecule has 0 aliphatic heterocycles. The van der Waals surface area contributed by atoms with Crippen LogP contribution in [0.5, 0.6) is 0 Å². The van der Waals surface area contributed by atoms with E-state index in [0.717, 1.165) is 0 Å². The Kier molecular flexibility index (Phi) is 3.30. The van der Waals surface area contributed by atoms with E-state index < -0.39 is 17.8 Å². The lowest BCUT2D eigenvalue weighted by molar-refractivity contribution is -0.118. The molecule has 1 atom stereocenters. The summed E-state index contributed by atoms with van der Waals surface area (Å²) in [6, 6.07) is 3.38. The number of amides is 1. The van der Waals surface area contributed by atoms with Gasteiger partial charge in [0.25, 0.3) is 0 Å². The van der Waals surface area contributed by atoms with Crippen molar-refractivity contribution in [2.24, 2.45) is 5.73 Å². The summed E-state index contributed by atoms with van der Waals surface area (Å²) in [4.78, 5) is 10.7. The van der Waals surface area contributed by atoms with Crippen molar-refractivity contribution in [3.05, 3.63) is 29.0 Å². The van der Waals surface area contributed by atoms with Gasteiger partial charge in [-0.1, -0.05) is 11.6 Å². The fourth-order valence-corrected chi connectivity index (χ4v) is 1.18. The van der Waals surface area contributed by atoms with Gasteiger partial charge in [0.2, 0.25) is 5.91 Å². The Morgan fingerprint density at radius 2 is 2.21 bits per heavy atom. The second-order valence-corrected chi connectivity index (χ2v) is 3.36. The summed E-state index contributed by atoms with van der Waals surface area (Å²) >= 11 is 5.62. The highest BCUT2D eigenvalue weighted by Crippen LogP contribution is 2.18. The summed E-state index contributed by atoms with van der Waals surface area (Å²) in [5.74, 6) is -0.970. The average molecular weight is 217 g/mol. The van der Waals surface area contributed by atoms with Crippen molar-refractivity contribution in [1.82, 2.24) is 0 Å². The molecule has 0 fully saturated rings. The van der Waals surface area contributed by atoms with E-state index in [9.17, 15) is 9.18 Å². The molecule has 3 N–H and O–H groups in total. The van der Waals surface area contributed by atoms with Crippen molar-refractivity contribution in [3.63, 3.8) is 0 Å². The van der Waals surface area contributed by atoms with Gasteiger partial charge in [0.05, 0.1) is 0 Å². The molecule has 0 saturated heterocycles. The normalized spacial score (nSPS) is 12.2. The summed E-state index contributed by atoms with van der Waals surface area (Å²) in [7, 11) is 0. The third-order valence-electron chi connectivity index (χ3n) is 1.67. The molecular weight excluding hydrogens is 207 g/mol. The fraction of sp³-hybridized carbons (Fsp3) is 0.222. The highest BCUT2D eigenvalue weighted by molar-refractivity contribution is 6.30. The summed E-state index contributed by atoms with van der Waals surface area (Å²) in [6.07, 6.45) is 0. The first-order valence-corrected chi connectivity index (χ1v) is 4.39. The van der Waals surface area contributed by atoms with Gasteiger partial charge >= 0.3 is 0 Å². The molecule has 0 radical (unpaired) electrons. The monoisotopic (exact) mass is 216 g/mol. The molecule has 76 valence electrons. The third kappa shape index (κ3) is 2.88. The Labute approximate surface area is 86.0 Å². The van der Waals surface area contributed by atoms with Crippen LogP contribution in [0.2, 0.25) is 5.02 Å². The summed E-state index contributed by atoms with van der Waals surface area (Å²) in [5, 5.41) is 2.99. The molecule has 0 heterocycles. The molecule has 0 spiro atoms. The quantitative estimate of drug-likeness (QED) is 0.809. The van der Waals surface area contributed by atoms with E-state index in [-0.39, 0.29) is 5.02 Å². The minimum Gasteiger partial charge on any atom is -0.374 e. The largest absolute Gasteiger partial charge is 0.374 e. The lowest BCUT2D eigenvalue weighted by atomic mass is 10.2. The lowest BCUT2D eigenvalue weighted by Crippen LogP contribution is -2.32. The highest BCUT2D eigenvalue weighted by atomic mass is 35.5. The number of nitrogens with two attached hydrogens (primary N) is 1. The minimum atomic E-state index is -0.562. The first kappa shape index (κ1) is 10.8. The molecule has 0 aliphatic rings. The molecule has 14 heavy (non-hydrogen) atoms. The van der Waals surface area contributed by atoms with E-state index in [1.54, 1.807) is 6.92 Å². The second-order valence-electron chi connectivity index (χ2n) is 2.93. The molecule has 3 nitrogen and oxygen atoms in total. The average Bonchev–Trinajstić information content (AvgIpc) is 2.01. The predicted octanol–water partition coefficient (Wildman–Crippen LogP) is 1.76. The maximum atomic E-state index is 12.8. The van der Waals surface area contributed by atoms with Crippen LogP contribution in [0.25, 0.3) is 0 Å². The Morgan fingerprint density at radius 1 is 1.57 bits per heavy atom. The van der Waals surface area contributed by atoms with Crippen molar-refractivity contribution in [2.45, 2.75) is 13.0 Å². The summed E-state index contributed by atoms with van der Waals surface area (Å²) in [5.41, 5.74) is 5.46. The van der Waals surface area contributed by atoms with Gasteiger partial charge in [-0.25, -0.2) is 4.39 Å². The molecule has 0 aliphatic carbocycles. The van der Waals surface area contributed by atoms with E-state index in [2.05, 4.69) is 5.32 Å². The van der Waals surface area contributed by atoms with Crippen LogP contribution in [-0.4, -0.2) is 11.9 Å². The van der Waals surface area contributed by atoms with Crippen molar-refractivity contribution >= 4 is 23.2 Å². The number of hydrogen-bond donors (Lipinski definition) is 2. The first-order valence-electron chi connectivity index (χ1n) is 4.01. The number of carbonyl (C=O) groups excluding carboxylic acids is 1. The molecule has 0 saturated carbocycles. The lowest BCUT2D eigenvalue weighted by Gasteiger charge is -2.11. The van der Waals surface area contributed by atoms with Crippen LogP contribution in [0.4, 0.5) is 10.1 Å². The molecule has 0 aromatic heterocycles. The van der Waals surface area contributed by atoms with Gasteiger partial charge in [-0.15, -0.1) is 0 Å². The Balaban J connectivity index is 2.81. The van der Waals surface area contributed by atoms with E-state index in [1.165, 1.54) is 18.2 Å². The molecule has 1 rings (SSSR count). The van der Waals surface area contributed by atoms with Crippen molar-refractivity contribution in [1.29, 1.82) is 0 Å². The first-order chi connectivity index (χ1) is 6.49. The molecule has 1 unspecified atom stereocenters. The molecular formula is C9H10ClFN2O. The standard InChI is InChI=1S/C9H10ClFN2O/c1-5(9(12)14)13-8-3-6(10)2-7(11)4-8/h2-5,13H,1H3,(H2,12,14). The van der Waals surface area contributed by atoms with Crippen LogP contribution in [0.3, 0.4) is 0 Å². The van der Waals surface area contributed by atoms with Crippen LogP contribution < -0.4 is 11.1 Å². The molecule has 5 heteroatoms. The number of halogens is 2. The number of rotatable bonds is 3. The number of carbonyl (C=O) groups is 1. The van der Waals surface area contributed by atoms with Crippen molar-refractivity contribution in [2.75, 3.05) is 5.32 Å². The van der Waals surface area contributed by atoms with E-state index in [4.69, 9.17) is 17.3 Å². The van der Waals surface area contributed by atoms with Gasteiger partial charge in [-0.05, 0) is 25.1 Å². The van der Waals surface area contributed by atoms with Crippen LogP contribution in [0.1, 0.15) is 6.92 Å². The minimum absolute atomic E-state index is 0.268. The van der Waals surface area contributed by atoms with Gasteiger partial charge in [0.15, 0.2) is 0 Å². The zero-order valence-electron chi connectivity index (χ0n) is 7.55. The van der Waals surface area contributed by atoms with Gasteiger partial charge in [0, 0.05) is 10.7 Å². The van der Waals surface area contributed by atoms with E-state index in [1.807, 2.05) is 0 Å². The maximum Gasteiger partial charge on any atom is 0.239 e. The molecule has 1 aromatic carbocycles. The van der Waals surface area contributed by atoms with Gasteiger partial charge in [-0.3, -0.25) is 4.79 Å². The van der Waals surface area contributed by atoms with Crippen molar-refractivity contribution < 1.29 is 9.18 Å². The van der Waals surface area contributed by atoms with Crippen molar-refractivity contribution in [3.8, 4) is 0 Å². The topological polar surface area (TPSA) is 55.1 Å². The van der Waals surface area contributed by atoms with Gasteiger partial charge in [-0.2, -0.15) is 0 Å². The molecule has 1 aromatic rings. The zero-order chi connectivity index (χ0) is 10.7. The van der Waals surface area contributed by atoms with Crippen LogP contribution in [0.15, 0.2) is 18.2 Å². The fourth-order valence-electron chi connectivity index (χ4n) is 0.958. The van der Waals surface area contributed by atoms with Crippen LogP contribution in [-0.2, 0) is 4.79 Å². The Bertz CT molecular complexity index is 336. The van der Waals surface area contributed by atoms with Crippen LogP contribution in [0, 0.1) is 5.82 Å². The van der Waals surface area contributed by atoms with Gasteiger partial charge < -0.3 is 11.1 Å². The number of benzene rings is 1. The molecule has 0 bridgehead atoms. The summed E-state index contributed by atoms with van der Waals surface area (Å²) in [6.45, 7) is 1.58. The van der Waals surface area contributed by atoms with Gasteiger partial charge in [0.1, 0.15) is 11.9 Å². The SMILES string of the molecule is CC(Nc1cc(F)cc(Cl)c1)C(N)=O. The number of anilines is 1. The van der Waals surface area contributed by atoms with E-state index in [0.29, 0.717) is 5.69 Å². The predicted molar refractivity (Wildman–Crippen MR) is 53.7 cm³/mol. The van der Waals surface area contributed by atoms with Crippen LogP contribution >= 0.6 is 11.6 Å². The van der Waals surface area contributed by atoms with E-state index >= 15 is 0 Å². The smallest absolute Gasteiger partial charge is 0.239 e. The number of primary amides is 1. The third-order valence-corrected chi connectivity index (χ3v) is 1.89. The second kappa shape index (κ2) is 4.28. The molecule has 1 amide bonds. The maximum absolute atomic E-state index is 12.8. The Hall–Kier alpha value is -1.29. The Morgan fingerprint density at radius 3 is 2.71 bits per heavy atom.